The number of hydrogen-bond acceptors (Lipinski definition) is 3. The topological polar surface area (TPSA) is 61.8 Å². The molecule has 0 bridgehead atoms. The summed E-state index contributed by atoms with van der Waals surface area (Å²) in [5, 5.41) is 11.4. The highest BCUT2D eigenvalue weighted by atomic mass is 16.4. The fourth-order valence-electron chi connectivity index (χ4n) is 1.71. The summed E-state index contributed by atoms with van der Waals surface area (Å²) >= 11 is 0. The number of rotatable bonds is 7. The van der Waals surface area contributed by atoms with Crippen molar-refractivity contribution in [2.75, 3.05) is 13.1 Å². The number of oxime groups is 1. The minimum absolute atomic E-state index is 0.314. The van der Waals surface area contributed by atoms with Crippen LogP contribution in [0.15, 0.2) is 5.16 Å². The first kappa shape index (κ1) is 13.2. The quantitative estimate of drug-likeness (QED) is 0.285. The zero-order chi connectivity index (χ0) is 11.0. The molecular formula is C10H23N3O. The first-order valence-corrected chi connectivity index (χ1v) is 5.39. The Hall–Kier alpha value is -0.770. The maximum Gasteiger partial charge on any atom is 0.140 e. The van der Waals surface area contributed by atoms with Crippen LogP contribution in [0.4, 0.5) is 0 Å². The van der Waals surface area contributed by atoms with Crippen LogP contribution in [-0.4, -0.2) is 35.1 Å². The molecule has 0 spiro atoms. The zero-order valence-electron chi connectivity index (χ0n) is 9.53. The highest BCUT2D eigenvalue weighted by Gasteiger charge is 2.12. The average Bonchev–Trinajstić information content (AvgIpc) is 2.23. The van der Waals surface area contributed by atoms with Gasteiger partial charge in [0, 0.05) is 19.0 Å². The molecule has 4 heteroatoms. The summed E-state index contributed by atoms with van der Waals surface area (Å²) in [6, 6.07) is 0.617. The van der Waals surface area contributed by atoms with Crippen LogP contribution in [0.2, 0.25) is 0 Å². The molecule has 0 rings (SSSR count). The van der Waals surface area contributed by atoms with Gasteiger partial charge in [0.25, 0.3) is 0 Å². The molecule has 0 radical (unpaired) electrons. The van der Waals surface area contributed by atoms with Crippen molar-refractivity contribution in [3.63, 3.8) is 0 Å². The van der Waals surface area contributed by atoms with Crippen molar-refractivity contribution in [3.05, 3.63) is 0 Å². The molecule has 0 unspecified atom stereocenters. The van der Waals surface area contributed by atoms with Crippen LogP contribution in [0.25, 0.3) is 0 Å². The van der Waals surface area contributed by atoms with Gasteiger partial charge in [-0.05, 0) is 19.4 Å². The Balaban J connectivity index is 4.01. The number of hydrogen-bond donors (Lipinski definition) is 2. The summed E-state index contributed by atoms with van der Waals surface area (Å²) in [4.78, 5) is 2.37. The van der Waals surface area contributed by atoms with Gasteiger partial charge in [0.05, 0.1) is 0 Å². The molecule has 0 aliphatic carbocycles. The lowest BCUT2D eigenvalue weighted by Gasteiger charge is -2.28. The van der Waals surface area contributed by atoms with Crippen LogP contribution in [0.3, 0.4) is 0 Å². The molecule has 0 atom stereocenters. The molecule has 0 saturated heterocycles. The van der Waals surface area contributed by atoms with Gasteiger partial charge >= 0.3 is 0 Å². The highest BCUT2D eigenvalue weighted by molar-refractivity contribution is 5.79. The highest BCUT2D eigenvalue weighted by Crippen LogP contribution is 2.08. The maximum atomic E-state index is 8.42. The van der Waals surface area contributed by atoms with Gasteiger partial charge in [-0.1, -0.05) is 25.9 Å². The molecule has 4 nitrogen and oxygen atoms in total. The van der Waals surface area contributed by atoms with E-state index in [9.17, 15) is 0 Å². The number of amidine groups is 1. The van der Waals surface area contributed by atoms with Crippen molar-refractivity contribution in [3.8, 4) is 0 Å². The SMILES string of the molecule is CCC(CC)N(CC)CCC(N)=NO. The second-order valence-corrected chi connectivity index (χ2v) is 3.44. The molecular weight excluding hydrogens is 178 g/mol. The van der Waals surface area contributed by atoms with E-state index in [2.05, 4.69) is 30.8 Å². The van der Waals surface area contributed by atoms with Gasteiger partial charge < -0.3 is 15.8 Å². The van der Waals surface area contributed by atoms with Crippen molar-refractivity contribution >= 4 is 5.84 Å². The standard InChI is InChI=1S/C10H23N3O/c1-4-9(5-2)13(6-3)8-7-10(11)12-14/h9,14H,4-8H2,1-3H3,(H2,11,12). The number of nitrogens with zero attached hydrogens (tertiary/aromatic N) is 2. The first-order chi connectivity index (χ1) is 6.69. The lowest BCUT2D eigenvalue weighted by molar-refractivity contribution is 0.200. The smallest absolute Gasteiger partial charge is 0.140 e. The van der Waals surface area contributed by atoms with Gasteiger partial charge in [-0.15, -0.1) is 0 Å². The fraction of sp³-hybridized carbons (Fsp3) is 0.900. The molecule has 0 amide bonds. The minimum Gasteiger partial charge on any atom is -0.409 e. The van der Waals surface area contributed by atoms with Crippen LogP contribution in [0.1, 0.15) is 40.0 Å². The normalized spacial score (nSPS) is 12.8. The van der Waals surface area contributed by atoms with E-state index in [0.717, 1.165) is 25.9 Å². The fourth-order valence-corrected chi connectivity index (χ4v) is 1.71. The Bertz CT molecular complexity index is 167. The van der Waals surface area contributed by atoms with Gasteiger partial charge in [0.2, 0.25) is 0 Å². The van der Waals surface area contributed by atoms with Gasteiger partial charge in [0.1, 0.15) is 5.84 Å². The zero-order valence-corrected chi connectivity index (χ0v) is 9.53. The second-order valence-electron chi connectivity index (χ2n) is 3.44. The summed E-state index contributed by atoms with van der Waals surface area (Å²) in [5.74, 6) is 0.314. The third-order valence-corrected chi connectivity index (χ3v) is 2.65. The van der Waals surface area contributed by atoms with E-state index < -0.39 is 0 Å². The first-order valence-electron chi connectivity index (χ1n) is 5.39. The summed E-state index contributed by atoms with van der Waals surface area (Å²) in [6.07, 6.45) is 2.95. The van der Waals surface area contributed by atoms with Crippen LogP contribution in [-0.2, 0) is 0 Å². The lowest BCUT2D eigenvalue weighted by atomic mass is 10.1. The molecule has 0 saturated carbocycles. The van der Waals surface area contributed by atoms with E-state index >= 15 is 0 Å². The second kappa shape index (κ2) is 7.62. The Labute approximate surface area is 86.8 Å². The molecule has 14 heavy (non-hydrogen) atoms. The molecule has 0 heterocycles. The van der Waals surface area contributed by atoms with Crippen LogP contribution >= 0.6 is 0 Å². The molecule has 0 aliphatic heterocycles. The van der Waals surface area contributed by atoms with Crippen molar-refractivity contribution in [1.82, 2.24) is 4.90 Å². The molecule has 84 valence electrons. The average molecular weight is 201 g/mol. The van der Waals surface area contributed by atoms with Crippen molar-refractivity contribution in [2.45, 2.75) is 46.1 Å². The summed E-state index contributed by atoms with van der Waals surface area (Å²) < 4.78 is 0. The monoisotopic (exact) mass is 201 g/mol. The largest absolute Gasteiger partial charge is 0.409 e. The van der Waals surface area contributed by atoms with Crippen molar-refractivity contribution in [2.24, 2.45) is 10.9 Å². The Morgan fingerprint density at radius 1 is 1.36 bits per heavy atom. The van der Waals surface area contributed by atoms with Gasteiger partial charge in [0.15, 0.2) is 0 Å². The van der Waals surface area contributed by atoms with E-state index in [1.165, 1.54) is 0 Å². The van der Waals surface area contributed by atoms with Gasteiger partial charge in [-0.3, -0.25) is 0 Å². The number of nitrogens with two attached hydrogens (primary N) is 1. The van der Waals surface area contributed by atoms with Crippen molar-refractivity contribution < 1.29 is 5.21 Å². The molecule has 0 aromatic rings. The molecule has 0 aromatic carbocycles. The van der Waals surface area contributed by atoms with E-state index in [-0.39, 0.29) is 0 Å². The predicted octanol–water partition coefficient (Wildman–Crippen LogP) is 1.63. The Kier molecular flexibility index (Phi) is 7.20. The lowest BCUT2D eigenvalue weighted by Crippen LogP contribution is -2.36. The summed E-state index contributed by atoms with van der Waals surface area (Å²) in [5.41, 5.74) is 5.43. The van der Waals surface area contributed by atoms with Gasteiger partial charge in [-0.25, -0.2) is 0 Å². The van der Waals surface area contributed by atoms with Crippen LogP contribution < -0.4 is 5.73 Å². The van der Waals surface area contributed by atoms with Crippen LogP contribution in [0, 0.1) is 0 Å². The van der Waals surface area contributed by atoms with E-state index in [0.29, 0.717) is 18.3 Å². The Morgan fingerprint density at radius 2 is 1.93 bits per heavy atom. The summed E-state index contributed by atoms with van der Waals surface area (Å²) in [7, 11) is 0. The Morgan fingerprint density at radius 3 is 2.29 bits per heavy atom. The molecule has 0 aromatic heterocycles. The third kappa shape index (κ3) is 4.46. The van der Waals surface area contributed by atoms with Gasteiger partial charge in [-0.2, -0.15) is 0 Å². The van der Waals surface area contributed by atoms with Crippen LogP contribution in [0.5, 0.6) is 0 Å². The van der Waals surface area contributed by atoms with E-state index in [1.807, 2.05) is 0 Å². The third-order valence-electron chi connectivity index (χ3n) is 2.65. The predicted molar refractivity (Wildman–Crippen MR) is 59.6 cm³/mol. The van der Waals surface area contributed by atoms with E-state index in [1.54, 1.807) is 0 Å². The van der Waals surface area contributed by atoms with Crippen molar-refractivity contribution in [1.29, 1.82) is 0 Å². The van der Waals surface area contributed by atoms with E-state index in [4.69, 9.17) is 10.9 Å². The molecule has 0 aliphatic rings. The summed E-state index contributed by atoms with van der Waals surface area (Å²) in [6.45, 7) is 8.43. The molecule has 3 N–H and O–H groups in total. The molecule has 0 fully saturated rings. The minimum atomic E-state index is 0.314. The maximum absolute atomic E-state index is 8.42.